The molecular weight excluding hydrogens is 385 g/mol. The molecule has 1 aromatic carbocycles. The van der Waals surface area contributed by atoms with Gasteiger partial charge in [0.25, 0.3) is 0 Å². The number of nitrogens with zero attached hydrogens (tertiary/aromatic N) is 2. The standard InChI is InChI=1S/C18H16ClF3N2O3/c19-15-13(18(20,21)22)4-1-5-14(15)27-16-12(3-2-8-23-16)11-6-9-24(10-7-11)17(25)26/h1-5,8,11H,6-7,9-10H2,(H,25,26). The molecule has 0 bridgehead atoms. The topological polar surface area (TPSA) is 62.7 Å². The highest BCUT2D eigenvalue weighted by molar-refractivity contribution is 6.32. The Bertz CT molecular complexity index is 837. The SMILES string of the molecule is O=C(O)N1CCC(c2cccnc2Oc2cccc(C(F)(F)F)c2Cl)CC1. The normalized spacial score (nSPS) is 15.6. The Labute approximate surface area is 158 Å². The van der Waals surface area contributed by atoms with Crippen LogP contribution in [0, 0.1) is 0 Å². The molecule has 1 aromatic heterocycles. The van der Waals surface area contributed by atoms with E-state index in [-0.39, 0.29) is 17.5 Å². The molecule has 1 saturated heterocycles. The fraction of sp³-hybridized carbons (Fsp3) is 0.333. The van der Waals surface area contributed by atoms with Crippen LogP contribution in [0.15, 0.2) is 36.5 Å². The third-order valence-corrected chi connectivity index (χ3v) is 4.87. The molecule has 144 valence electrons. The van der Waals surface area contributed by atoms with Gasteiger partial charge in [-0.2, -0.15) is 13.2 Å². The van der Waals surface area contributed by atoms with Crippen LogP contribution in [0.5, 0.6) is 11.6 Å². The Kier molecular flexibility index (Phi) is 5.46. The molecule has 2 heterocycles. The zero-order chi connectivity index (χ0) is 19.6. The van der Waals surface area contributed by atoms with E-state index < -0.39 is 22.9 Å². The Hall–Kier alpha value is -2.48. The zero-order valence-electron chi connectivity index (χ0n) is 14.0. The van der Waals surface area contributed by atoms with Crippen LogP contribution in [0.3, 0.4) is 0 Å². The molecule has 1 N–H and O–H groups in total. The van der Waals surface area contributed by atoms with Crippen LogP contribution in [0.4, 0.5) is 18.0 Å². The van der Waals surface area contributed by atoms with Gasteiger partial charge in [-0.15, -0.1) is 0 Å². The van der Waals surface area contributed by atoms with E-state index in [0.29, 0.717) is 25.9 Å². The van der Waals surface area contributed by atoms with Crippen LogP contribution in [0.1, 0.15) is 29.9 Å². The fourth-order valence-electron chi connectivity index (χ4n) is 3.09. The van der Waals surface area contributed by atoms with Gasteiger partial charge in [0.1, 0.15) is 5.75 Å². The first-order valence-electron chi connectivity index (χ1n) is 8.23. The van der Waals surface area contributed by atoms with E-state index in [1.807, 2.05) is 0 Å². The van der Waals surface area contributed by atoms with Crippen molar-refractivity contribution in [2.45, 2.75) is 24.9 Å². The molecule has 0 saturated carbocycles. The van der Waals surface area contributed by atoms with Crippen LogP contribution >= 0.6 is 11.6 Å². The van der Waals surface area contributed by atoms with E-state index in [1.54, 1.807) is 12.1 Å². The van der Waals surface area contributed by atoms with E-state index in [0.717, 1.165) is 11.6 Å². The van der Waals surface area contributed by atoms with E-state index in [1.165, 1.54) is 23.2 Å². The summed E-state index contributed by atoms with van der Waals surface area (Å²) in [6.07, 6.45) is -2.93. The Morgan fingerprint density at radius 2 is 1.93 bits per heavy atom. The second-order valence-corrected chi connectivity index (χ2v) is 6.54. The van der Waals surface area contributed by atoms with Gasteiger partial charge in [0, 0.05) is 24.8 Å². The van der Waals surface area contributed by atoms with Gasteiger partial charge in [-0.3, -0.25) is 0 Å². The van der Waals surface area contributed by atoms with Crippen molar-refractivity contribution in [1.29, 1.82) is 0 Å². The number of alkyl halides is 3. The number of ether oxygens (including phenoxy) is 1. The lowest BCUT2D eigenvalue weighted by Crippen LogP contribution is -2.36. The second kappa shape index (κ2) is 7.64. The summed E-state index contributed by atoms with van der Waals surface area (Å²) in [5.74, 6) is 0.0378. The van der Waals surface area contributed by atoms with Crippen molar-refractivity contribution in [2.75, 3.05) is 13.1 Å². The molecule has 3 rings (SSSR count). The van der Waals surface area contributed by atoms with Crippen molar-refractivity contribution in [3.8, 4) is 11.6 Å². The molecular formula is C18H16ClF3N2O3. The summed E-state index contributed by atoms with van der Waals surface area (Å²) in [6.45, 7) is 0.747. The maximum absolute atomic E-state index is 13.0. The number of likely N-dealkylation sites (tertiary alicyclic amines) is 1. The molecule has 0 radical (unpaired) electrons. The van der Waals surface area contributed by atoms with Gasteiger partial charge in [0.15, 0.2) is 0 Å². The number of amides is 1. The molecule has 0 spiro atoms. The van der Waals surface area contributed by atoms with E-state index in [9.17, 15) is 18.0 Å². The zero-order valence-corrected chi connectivity index (χ0v) is 14.8. The van der Waals surface area contributed by atoms with Gasteiger partial charge in [-0.05, 0) is 37.0 Å². The quantitative estimate of drug-likeness (QED) is 0.749. The number of benzene rings is 1. The number of carboxylic acid groups (broad SMARTS) is 1. The average molecular weight is 401 g/mol. The lowest BCUT2D eigenvalue weighted by Gasteiger charge is -2.30. The van der Waals surface area contributed by atoms with E-state index in [4.69, 9.17) is 21.4 Å². The van der Waals surface area contributed by atoms with Crippen LogP contribution in [0.25, 0.3) is 0 Å². The minimum Gasteiger partial charge on any atom is -0.465 e. The van der Waals surface area contributed by atoms with E-state index in [2.05, 4.69) is 4.98 Å². The first kappa shape index (κ1) is 19.3. The van der Waals surface area contributed by atoms with Crippen molar-refractivity contribution in [3.63, 3.8) is 0 Å². The number of aromatic nitrogens is 1. The Morgan fingerprint density at radius 1 is 1.22 bits per heavy atom. The van der Waals surface area contributed by atoms with Crippen molar-refractivity contribution in [3.05, 3.63) is 52.7 Å². The van der Waals surface area contributed by atoms with Gasteiger partial charge in [0.05, 0.1) is 10.6 Å². The number of halogens is 4. The van der Waals surface area contributed by atoms with Gasteiger partial charge in [-0.1, -0.05) is 23.7 Å². The van der Waals surface area contributed by atoms with Crippen LogP contribution < -0.4 is 4.74 Å². The van der Waals surface area contributed by atoms with Crippen molar-refractivity contribution >= 4 is 17.7 Å². The lowest BCUT2D eigenvalue weighted by molar-refractivity contribution is -0.137. The van der Waals surface area contributed by atoms with Crippen molar-refractivity contribution in [1.82, 2.24) is 9.88 Å². The fourth-order valence-corrected chi connectivity index (χ4v) is 3.37. The van der Waals surface area contributed by atoms with Gasteiger partial charge >= 0.3 is 12.3 Å². The third kappa shape index (κ3) is 4.27. The van der Waals surface area contributed by atoms with Gasteiger partial charge in [0.2, 0.25) is 5.88 Å². The molecule has 27 heavy (non-hydrogen) atoms. The Balaban J connectivity index is 1.85. The molecule has 1 aliphatic heterocycles. The van der Waals surface area contributed by atoms with Crippen molar-refractivity contribution < 1.29 is 27.8 Å². The van der Waals surface area contributed by atoms with Crippen LogP contribution in [0.2, 0.25) is 5.02 Å². The molecule has 0 aliphatic carbocycles. The highest BCUT2D eigenvalue weighted by atomic mass is 35.5. The molecule has 5 nitrogen and oxygen atoms in total. The number of hydrogen-bond acceptors (Lipinski definition) is 3. The van der Waals surface area contributed by atoms with Gasteiger partial charge < -0.3 is 14.7 Å². The minimum absolute atomic E-state index is 0.00567. The molecule has 1 aliphatic rings. The van der Waals surface area contributed by atoms with Crippen LogP contribution in [-0.4, -0.2) is 34.2 Å². The smallest absolute Gasteiger partial charge is 0.417 e. The number of rotatable bonds is 3. The second-order valence-electron chi connectivity index (χ2n) is 6.16. The molecule has 1 amide bonds. The molecule has 0 unspecified atom stereocenters. The average Bonchev–Trinajstić information content (AvgIpc) is 2.63. The monoisotopic (exact) mass is 400 g/mol. The summed E-state index contributed by atoms with van der Waals surface area (Å²) in [6, 6.07) is 6.95. The largest absolute Gasteiger partial charge is 0.465 e. The maximum Gasteiger partial charge on any atom is 0.417 e. The number of carbonyl (C=O) groups is 1. The van der Waals surface area contributed by atoms with Gasteiger partial charge in [-0.25, -0.2) is 9.78 Å². The molecule has 9 heteroatoms. The molecule has 0 atom stereocenters. The summed E-state index contributed by atoms with van der Waals surface area (Å²) >= 11 is 5.89. The molecule has 1 fully saturated rings. The summed E-state index contributed by atoms with van der Waals surface area (Å²) in [7, 11) is 0. The summed E-state index contributed by atoms with van der Waals surface area (Å²) in [5.41, 5.74) is -0.259. The number of pyridine rings is 1. The van der Waals surface area contributed by atoms with Crippen molar-refractivity contribution in [2.24, 2.45) is 0 Å². The predicted octanol–water partition coefficient (Wildman–Crippen LogP) is 5.40. The predicted molar refractivity (Wildman–Crippen MR) is 92.3 cm³/mol. The number of piperidine rings is 1. The minimum atomic E-state index is -4.59. The summed E-state index contributed by atoms with van der Waals surface area (Å²) in [5, 5.41) is 8.52. The lowest BCUT2D eigenvalue weighted by atomic mass is 9.90. The van der Waals surface area contributed by atoms with Crippen LogP contribution in [-0.2, 0) is 6.18 Å². The first-order valence-corrected chi connectivity index (χ1v) is 8.61. The molecule has 2 aromatic rings. The Morgan fingerprint density at radius 3 is 2.56 bits per heavy atom. The van der Waals surface area contributed by atoms with E-state index >= 15 is 0 Å². The highest BCUT2D eigenvalue weighted by Crippen LogP contribution is 2.42. The maximum atomic E-state index is 13.0. The summed E-state index contributed by atoms with van der Waals surface area (Å²) in [4.78, 5) is 16.5. The first-order chi connectivity index (χ1) is 12.8. The highest BCUT2D eigenvalue weighted by Gasteiger charge is 2.34. The summed E-state index contributed by atoms with van der Waals surface area (Å²) < 4.78 is 44.7. The number of hydrogen-bond donors (Lipinski definition) is 1. The third-order valence-electron chi connectivity index (χ3n) is 4.48.